The zero-order chi connectivity index (χ0) is 22.3. The highest BCUT2D eigenvalue weighted by Crippen LogP contribution is 2.25. The SMILES string of the molecule is O=C(CN1CCC(Nc2ccccc2O)CC1)Nc1ccc(C(=O)c2ccccc2)cc1. The molecule has 6 heteroatoms. The van der Waals surface area contributed by atoms with E-state index in [-0.39, 0.29) is 23.5 Å². The zero-order valence-corrected chi connectivity index (χ0v) is 17.8. The molecule has 6 nitrogen and oxygen atoms in total. The third kappa shape index (κ3) is 5.53. The van der Waals surface area contributed by atoms with Gasteiger partial charge in [0.25, 0.3) is 0 Å². The summed E-state index contributed by atoms with van der Waals surface area (Å²) in [6.45, 7) is 1.94. The normalized spacial score (nSPS) is 14.6. The second kappa shape index (κ2) is 10.1. The number of amides is 1. The molecule has 1 saturated heterocycles. The lowest BCUT2D eigenvalue weighted by atomic mass is 10.0. The van der Waals surface area contributed by atoms with Gasteiger partial charge in [-0.15, -0.1) is 0 Å². The van der Waals surface area contributed by atoms with E-state index in [4.69, 9.17) is 0 Å². The van der Waals surface area contributed by atoms with E-state index in [1.165, 1.54) is 0 Å². The number of benzene rings is 3. The number of aromatic hydroxyl groups is 1. The Morgan fingerprint density at radius 3 is 2.16 bits per heavy atom. The van der Waals surface area contributed by atoms with Gasteiger partial charge < -0.3 is 15.7 Å². The predicted molar refractivity (Wildman–Crippen MR) is 126 cm³/mol. The fraction of sp³-hybridized carbons (Fsp3) is 0.231. The van der Waals surface area contributed by atoms with Gasteiger partial charge in [0.05, 0.1) is 12.2 Å². The van der Waals surface area contributed by atoms with Crippen molar-refractivity contribution in [1.82, 2.24) is 4.90 Å². The lowest BCUT2D eigenvalue weighted by molar-refractivity contribution is -0.117. The first-order valence-corrected chi connectivity index (χ1v) is 10.8. The number of phenols is 1. The lowest BCUT2D eigenvalue weighted by Gasteiger charge is -2.32. The first-order valence-electron chi connectivity index (χ1n) is 10.8. The van der Waals surface area contributed by atoms with E-state index in [0.29, 0.717) is 23.4 Å². The summed E-state index contributed by atoms with van der Waals surface area (Å²) in [5.41, 5.74) is 2.66. The van der Waals surface area contributed by atoms with E-state index in [9.17, 15) is 14.7 Å². The number of piperidine rings is 1. The smallest absolute Gasteiger partial charge is 0.238 e. The predicted octanol–water partition coefficient (Wildman–Crippen LogP) is 4.14. The summed E-state index contributed by atoms with van der Waals surface area (Å²) in [6, 6.07) is 23.6. The summed E-state index contributed by atoms with van der Waals surface area (Å²) in [5.74, 6) is 0.147. The summed E-state index contributed by atoms with van der Waals surface area (Å²) in [5, 5.41) is 16.2. The molecule has 3 aromatic carbocycles. The van der Waals surface area contributed by atoms with Crippen LogP contribution in [0, 0.1) is 0 Å². The van der Waals surface area contributed by atoms with E-state index >= 15 is 0 Å². The van der Waals surface area contributed by atoms with Gasteiger partial charge in [-0.25, -0.2) is 0 Å². The molecule has 32 heavy (non-hydrogen) atoms. The summed E-state index contributed by atoms with van der Waals surface area (Å²) >= 11 is 0. The van der Waals surface area contributed by atoms with E-state index in [1.807, 2.05) is 30.3 Å². The second-order valence-corrected chi connectivity index (χ2v) is 8.03. The molecule has 1 amide bonds. The third-order valence-electron chi connectivity index (χ3n) is 5.69. The highest BCUT2D eigenvalue weighted by Gasteiger charge is 2.21. The van der Waals surface area contributed by atoms with Crippen LogP contribution in [0.5, 0.6) is 5.75 Å². The van der Waals surface area contributed by atoms with Gasteiger partial charge in [-0.05, 0) is 49.2 Å². The van der Waals surface area contributed by atoms with Crippen LogP contribution in [0.1, 0.15) is 28.8 Å². The molecule has 164 valence electrons. The number of anilines is 2. The molecule has 0 atom stereocenters. The minimum atomic E-state index is -0.0701. The van der Waals surface area contributed by atoms with E-state index in [0.717, 1.165) is 31.6 Å². The number of carbonyl (C=O) groups excluding carboxylic acids is 2. The maximum Gasteiger partial charge on any atom is 0.238 e. The van der Waals surface area contributed by atoms with Gasteiger partial charge in [-0.3, -0.25) is 14.5 Å². The van der Waals surface area contributed by atoms with Gasteiger partial charge in [0.15, 0.2) is 5.78 Å². The summed E-state index contributed by atoms with van der Waals surface area (Å²) in [6.07, 6.45) is 1.80. The standard InChI is InChI=1S/C26H27N3O3/c30-24-9-5-4-8-23(24)27-22-14-16-29(17-15-22)18-25(31)28-21-12-10-20(11-13-21)26(32)19-6-2-1-3-7-19/h1-13,22,27,30H,14-18H2,(H,28,31). The number of nitrogens with one attached hydrogen (secondary N) is 2. The van der Waals surface area contributed by atoms with Crippen molar-refractivity contribution in [2.45, 2.75) is 18.9 Å². The van der Waals surface area contributed by atoms with Crippen molar-refractivity contribution in [3.05, 3.63) is 90.0 Å². The Balaban J connectivity index is 1.24. The van der Waals surface area contributed by atoms with Crippen LogP contribution in [-0.4, -0.2) is 47.4 Å². The number of rotatable bonds is 7. The first kappa shape index (κ1) is 21.6. The van der Waals surface area contributed by atoms with E-state index in [2.05, 4.69) is 15.5 Å². The molecule has 0 spiro atoms. The maximum atomic E-state index is 12.5. The molecular weight excluding hydrogens is 402 g/mol. The van der Waals surface area contributed by atoms with Crippen LogP contribution in [0.4, 0.5) is 11.4 Å². The van der Waals surface area contributed by atoms with Crippen LogP contribution in [0.25, 0.3) is 0 Å². The summed E-state index contributed by atoms with van der Waals surface area (Å²) in [4.78, 5) is 27.1. The van der Waals surface area contributed by atoms with Crippen LogP contribution in [0.15, 0.2) is 78.9 Å². The van der Waals surface area contributed by atoms with Crippen LogP contribution in [-0.2, 0) is 4.79 Å². The average Bonchev–Trinajstić information content (AvgIpc) is 2.82. The molecule has 3 aromatic rings. The lowest BCUT2D eigenvalue weighted by Crippen LogP contribution is -2.42. The fourth-order valence-electron chi connectivity index (χ4n) is 3.92. The molecule has 0 bridgehead atoms. The number of ketones is 1. The van der Waals surface area contributed by atoms with E-state index < -0.39 is 0 Å². The topological polar surface area (TPSA) is 81.7 Å². The number of carbonyl (C=O) groups is 2. The number of nitrogens with zero attached hydrogens (tertiary/aromatic N) is 1. The molecular formula is C26H27N3O3. The molecule has 1 heterocycles. The third-order valence-corrected chi connectivity index (χ3v) is 5.69. The maximum absolute atomic E-state index is 12.5. The average molecular weight is 430 g/mol. The van der Waals surface area contributed by atoms with Crippen molar-refractivity contribution in [2.24, 2.45) is 0 Å². The zero-order valence-electron chi connectivity index (χ0n) is 17.8. The molecule has 0 aliphatic carbocycles. The molecule has 1 fully saturated rings. The Hall–Kier alpha value is -3.64. The molecule has 0 saturated carbocycles. The molecule has 1 aliphatic heterocycles. The second-order valence-electron chi connectivity index (χ2n) is 8.03. The highest BCUT2D eigenvalue weighted by molar-refractivity contribution is 6.09. The van der Waals surface area contributed by atoms with Crippen molar-refractivity contribution in [3.8, 4) is 5.75 Å². The molecule has 0 radical (unpaired) electrons. The van der Waals surface area contributed by atoms with E-state index in [1.54, 1.807) is 48.5 Å². The largest absolute Gasteiger partial charge is 0.506 e. The van der Waals surface area contributed by atoms with Crippen molar-refractivity contribution in [1.29, 1.82) is 0 Å². The Morgan fingerprint density at radius 1 is 0.844 bits per heavy atom. The van der Waals surface area contributed by atoms with Gasteiger partial charge in [0.1, 0.15) is 5.75 Å². The Bertz CT molecular complexity index is 1060. The number of phenolic OH excluding ortho intramolecular Hbond substituents is 1. The molecule has 0 aromatic heterocycles. The van der Waals surface area contributed by atoms with Crippen molar-refractivity contribution < 1.29 is 14.7 Å². The van der Waals surface area contributed by atoms with Crippen LogP contribution < -0.4 is 10.6 Å². The molecule has 4 rings (SSSR count). The Kier molecular flexibility index (Phi) is 6.82. The number of hydrogen-bond donors (Lipinski definition) is 3. The number of para-hydroxylation sites is 2. The Morgan fingerprint density at radius 2 is 1.47 bits per heavy atom. The van der Waals surface area contributed by atoms with Gasteiger partial charge in [0, 0.05) is 35.9 Å². The van der Waals surface area contributed by atoms with Crippen LogP contribution in [0.3, 0.4) is 0 Å². The van der Waals surface area contributed by atoms with Gasteiger partial charge in [0.2, 0.25) is 5.91 Å². The summed E-state index contributed by atoms with van der Waals surface area (Å²) < 4.78 is 0. The molecule has 0 unspecified atom stereocenters. The molecule has 1 aliphatic rings. The van der Waals surface area contributed by atoms with Crippen LogP contribution >= 0.6 is 0 Å². The molecule has 3 N–H and O–H groups in total. The number of likely N-dealkylation sites (tertiary alicyclic amines) is 1. The number of hydrogen-bond acceptors (Lipinski definition) is 5. The monoisotopic (exact) mass is 429 g/mol. The fourth-order valence-corrected chi connectivity index (χ4v) is 3.92. The van der Waals surface area contributed by atoms with Crippen molar-refractivity contribution in [2.75, 3.05) is 30.3 Å². The van der Waals surface area contributed by atoms with Crippen LogP contribution in [0.2, 0.25) is 0 Å². The summed E-state index contributed by atoms with van der Waals surface area (Å²) in [7, 11) is 0. The van der Waals surface area contributed by atoms with Gasteiger partial charge in [-0.2, -0.15) is 0 Å². The van der Waals surface area contributed by atoms with Crippen molar-refractivity contribution >= 4 is 23.1 Å². The quantitative estimate of drug-likeness (QED) is 0.389. The van der Waals surface area contributed by atoms with Gasteiger partial charge >= 0.3 is 0 Å². The van der Waals surface area contributed by atoms with Gasteiger partial charge in [-0.1, -0.05) is 42.5 Å². The Labute approximate surface area is 187 Å². The highest BCUT2D eigenvalue weighted by atomic mass is 16.3. The minimum absolute atomic E-state index is 0.0382. The van der Waals surface area contributed by atoms with Crippen molar-refractivity contribution in [3.63, 3.8) is 0 Å². The minimum Gasteiger partial charge on any atom is -0.506 e. The first-order chi connectivity index (χ1) is 15.6.